The van der Waals surface area contributed by atoms with E-state index in [1.165, 1.54) is 45.3 Å². The molecule has 2 N–H and O–H groups in total. The zero-order valence-electron chi connectivity index (χ0n) is 11.6. The molecule has 1 saturated carbocycles. The Bertz CT molecular complexity index is 232. The van der Waals surface area contributed by atoms with E-state index >= 15 is 0 Å². The molecule has 0 radical (unpaired) electrons. The van der Waals surface area contributed by atoms with Gasteiger partial charge in [0, 0.05) is 38.8 Å². The molecule has 17 heavy (non-hydrogen) atoms. The highest BCUT2D eigenvalue weighted by molar-refractivity contribution is 4.84. The number of nitrogens with two attached hydrogens (primary N) is 1. The highest BCUT2D eigenvalue weighted by Gasteiger charge is 2.27. The highest BCUT2D eigenvalue weighted by Crippen LogP contribution is 2.29. The lowest BCUT2D eigenvalue weighted by atomic mass is 9.82. The van der Waals surface area contributed by atoms with Crippen LogP contribution in [0.5, 0.6) is 0 Å². The second-order valence-corrected chi connectivity index (χ2v) is 6.28. The summed E-state index contributed by atoms with van der Waals surface area (Å²) in [5.74, 6) is 1.87. The number of hydrogen-bond donors (Lipinski definition) is 1. The van der Waals surface area contributed by atoms with Crippen molar-refractivity contribution in [1.82, 2.24) is 9.80 Å². The summed E-state index contributed by atoms with van der Waals surface area (Å²) in [6.07, 6.45) is 5.75. The summed E-state index contributed by atoms with van der Waals surface area (Å²) in [6.45, 7) is 8.09. The molecule has 0 amide bonds. The van der Waals surface area contributed by atoms with Crippen molar-refractivity contribution in [2.75, 3.05) is 39.8 Å². The van der Waals surface area contributed by atoms with Crippen molar-refractivity contribution in [3.8, 4) is 0 Å². The molecule has 2 fully saturated rings. The van der Waals surface area contributed by atoms with Gasteiger partial charge in [-0.2, -0.15) is 0 Å². The van der Waals surface area contributed by atoms with Gasteiger partial charge in [0.1, 0.15) is 0 Å². The van der Waals surface area contributed by atoms with Gasteiger partial charge >= 0.3 is 0 Å². The summed E-state index contributed by atoms with van der Waals surface area (Å²) in [6, 6.07) is 0.589. The van der Waals surface area contributed by atoms with E-state index in [9.17, 15) is 0 Å². The van der Waals surface area contributed by atoms with E-state index in [1.54, 1.807) is 0 Å². The van der Waals surface area contributed by atoms with Crippen molar-refractivity contribution in [1.29, 1.82) is 0 Å². The number of hydrogen-bond acceptors (Lipinski definition) is 3. The molecule has 0 bridgehead atoms. The third-order valence-corrected chi connectivity index (χ3v) is 4.62. The smallest absolute Gasteiger partial charge is 0.0346 e. The Labute approximate surface area is 106 Å². The van der Waals surface area contributed by atoms with Gasteiger partial charge in [-0.3, -0.25) is 4.90 Å². The molecular formula is C14H29N3. The number of nitrogens with zero attached hydrogens (tertiary/aromatic N) is 2. The van der Waals surface area contributed by atoms with E-state index in [2.05, 4.69) is 23.8 Å². The van der Waals surface area contributed by atoms with Gasteiger partial charge in [-0.05, 0) is 31.7 Å². The lowest BCUT2D eigenvalue weighted by molar-refractivity contribution is 0.0685. The lowest BCUT2D eigenvalue weighted by Crippen LogP contribution is -2.56. The van der Waals surface area contributed by atoms with E-state index in [0.29, 0.717) is 6.04 Å². The maximum atomic E-state index is 5.92. The first kappa shape index (κ1) is 13.3. The van der Waals surface area contributed by atoms with Crippen molar-refractivity contribution >= 4 is 0 Å². The Morgan fingerprint density at radius 1 is 1.24 bits per heavy atom. The normalized spacial score (nSPS) is 37.2. The van der Waals surface area contributed by atoms with Gasteiger partial charge in [0.25, 0.3) is 0 Å². The minimum atomic E-state index is 0.589. The maximum Gasteiger partial charge on any atom is 0.0346 e. The van der Waals surface area contributed by atoms with Gasteiger partial charge in [0.15, 0.2) is 0 Å². The van der Waals surface area contributed by atoms with Gasteiger partial charge in [-0.25, -0.2) is 0 Å². The number of piperazine rings is 1. The number of likely N-dealkylation sites (N-methyl/N-ethyl adjacent to an activating group) is 1. The second-order valence-electron chi connectivity index (χ2n) is 6.28. The van der Waals surface area contributed by atoms with Crippen molar-refractivity contribution in [3.63, 3.8) is 0 Å². The molecule has 100 valence electrons. The minimum Gasteiger partial charge on any atom is -0.329 e. The van der Waals surface area contributed by atoms with E-state index < -0.39 is 0 Å². The first-order valence-corrected chi connectivity index (χ1v) is 7.31. The van der Waals surface area contributed by atoms with E-state index in [1.807, 2.05) is 0 Å². The molecular weight excluding hydrogens is 210 g/mol. The predicted octanol–water partition coefficient (Wildman–Crippen LogP) is 1.39. The van der Waals surface area contributed by atoms with Gasteiger partial charge in [0.05, 0.1) is 0 Å². The molecule has 0 aromatic carbocycles. The SMILES string of the molecule is CC1CCCC(CN2CCN(C)CC2CN)C1. The lowest BCUT2D eigenvalue weighted by Gasteiger charge is -2.42. The molecule has 2 aliphatic rings. The van der Waals surface area contributed by atoms with Crippen LogP contribution in [0.15, 0.2) is 0 Å². The van der Waals surface area contributed by atoms with Gasteiger partial charge in [-0.1, -0.05) is 19.8 Å². The monoisotopic (exact) mass is 239 g/mol. The quantitative estimate of drug-likeness (QED) is 0.808. The van der Waals surface area contributed by atoms with E-state index in [-0.39, 0.29) is 0 Å². The topological polar surface area (TPSA) is 32.5 Å². The summed E-state index contributed by atoms with van der Waals surface area (Å²) in [5.41, 5.74) is 5.92. The number of rotatable bonds is 3. The largest absolute Gasteiger partial charge is 0.329 e. The van der Waals surface area contributed by atoms with Crippen LogP contribution >= 0.6 is 0 Å². The molecule has 2 rings (SSSR count). The Morgan fingerprint density at radius 2 is 2.06 bits per heavy atom. The van der Waals surface area contributed by atoms with Crippen molar-refractivity contribution in [2.45, 2.75) is 38.6 Å². The average molecular weight is 239 g/mol. The minimum absolute atomic E-state index is 0.589. The fourth-order valence-corrected chi connectivity index (χ4v) is 3.57. The highest BCUT2D eigenvalue weighted by atomic mass is 15.3. The summed E-state index contributed by atoms with van der Waals surface area (Å²) < 4.78 is 0. The Morgan fingerprint density at radius 3 is 2.76 bits per heavy atom. The second kappa shape index (κ2) is 6.17. The molecule has 1 heterocycles. The zero-order valence-corrected chi connectivity index (χ0v) is 11.6. The molecule has 0 aromatic heterocycles. The van der Waals surface area contributed by atoms with Crippen molar-refractivity contribution < 1.29 is 0 Å². The van der Waals surface area contributed by atoms with E-state index in [4.69, 9.17) is 5.73 Å². The molecule has 1 aliphatic heterocycles. The van der Waals surface area contributed by atoms with Crippen LogP contribution in [0, 0.1) is 11.8 Å². The van der Waals surface area contributed by atoms with E-state index in [0.717, 1.165) is 24.9 Å². The molecule has 3 atom stereocenters. The van der Waals surface area contributed by atoms with Crippen LogP contribution < -0.4 is 5.73 Å². The Hall–Kier alpha value is -0.120. The molecule has 1 saturated heterocycles. The summed E-state index contributed by atoms with van der Waals surface area (Å²) >= 11 is 0. The van der Waals surface area contributed by atoms with Gasteiger partial charge in [-0.15, -0.1) is 0 Å². The third kappa shape index (κ3) is 3.67. The summed E-state index contributed by atoms with van der Waals surface area (Å²) in [7, 11) is 2.21. The van der Waals surface area contributed by atoms with Crippen LogP contribution in [0.1, 0.15) is 32.6 Å². The molecule has 3 nitrogen and oxygen atoms in total. The molecule has 3 unspecified atom stereocenters. The van der Waals surface area contributed by atoms with Crippen molar-refractivity contribution in [2.24, 2.45) is 17.6 Å². The third-order valence-electron chi connectivity index (χ3n) is 4.62. The Balaban J connectivity index is 1.84. The van der Waals surface area contributed by atoms with Crippen LogP contribution in [0.3, 0.4) is 0 Å². The molecule has 0 spiro atoms. The van der Waals surface area contributed by atoms with Gasteiger partial charge in [0.2, 0.25) is 0 Å². The molecule has 0 aromatic rings. The Kier molecular flexibility index (Phi) is 4.83. The summed E-state index contributed by atoms with van der Waals surface area (Å²) in [5, 5.41) is 0. The molecule has 1 aliphatic carbocycles. The van der Waals surface area contributed by atoms with Crippen LogP contribution in [-0.2, 0) is 0 Å². The molecule has 3 heteroatoms. The fraction of sp³-hybridized carbons (Fsp3) is 1.00. The zero-order chi connectivity index (χ0) is 12.3. The van der Waals surface area contributed by atoms with Crippen LogP contribution in [-0.4, -0.2) is 55.6 Å². The van der Waals surface area contributed by atoms with Crippen LogP contribution in [0.2, 0.25) is 0 Å². The van der Waals surface area contributed by atoms with Crippen molar-refractivity contribution in [3.05, 3.63) is 0 Å². The summed E-state index contributed by atoms with van der Waals surface area (Å²) in [4.78, 5) is 5.07. The van der Waals surface area contributed by atoms with Crippen LogP contribution in [0.4, 0.5) is 0 Å². The van der Waals surface area contributed by atoms with Gasteiger partial charge < -0.3 is 10.6 Å². The maximum absolute atomic E-state index is 5.92. The first-order chi connectivity index (χ1) is 8.19. The van der Waals surface area contributed by atoms with Crippen LogP contribution in [0.25, 0.3) is 0 Å². The fourth-order valence-electron chi connectivity index (χ4n) is 3.57. The first-order valence-electron chi connectivity index (χ1n) is 7.31. The predicted molar refractivity (Wildman–Crippen MR) is 73.0 cm³/mol. The standard InChI is InChI=1S/C14H29N3/c1-12-4-3-5-13(8-12)10-17-7-6-16(2)11-14(17)9-15/h12-14H,3-11,15H2,1-2H3. The average Bonchev–Trinajstić information content (AvgIpc) is 2.31.